The van der Waals surface area contributed by atoms with Crippen molar-refractivity contribution < 1.29 is 0 Å². The first kappa shape index (κ1) is 15.3. The fraction of sp³-hybridized carbons (Fsp3) is 0.471. The highest BCUT2D eigenvalue weighted by Gasteiger charge is 2.15. The van der Waals surface area contributed by atoms with E-state index in [1.807, 2.05) is 11.8 Å². The van der Waals surface area contributed by atoms with Gasteiger partial charge in [-0.05, 0) is 44.1 Å². The molecule has 0 radical (unpaired) electrons. The predicted octanol–water partition coefficient (Wildman–Crippen LogP) is 4.32. The second-order valence-corrected chi connectivity index (χ2v) is 6.86. The Morgan fingerprint density at radius 3 is 2.55 bits per heavy atom. The van der Waals surface area contributed by atoms with Crippen LogP contribution in [0.25, 0.3) is 10.9 Å². The zero-order chi connectivity index (χ0) is 14.7. The molecule has 2 rings (SSSR count). The van der Waals surface area contributed by atoms with Gasteiger partial charge in [-0.3, -0.25) is 0 Å². The van der Waals surface area contributed by atoms with E-state index in [0.717, 1.165) is 17.8 Å². The van der Waals surface area contributed by atoms with Gasteiger partial charge in [0.05, 0.1) is 5.52 Å². The van der Waals surface area contributed by atoms with Gasteiger partial charge in [0.2, 0.25) is 0 Å². The van der Waals surface area contributed by atoms with Crippen molar-refractivity contribution >= 4 is 22.7 Å². The lowest BCUT2D eigenvalue weighted by Gasteiger charge is -2.17. The maximum Gasteiger partial charge on any atom is 0.100 e. The van der Waals surface area contributed by atoms with E-state index in [1.165, 1.54) is 21.5 Å². The fourth-order valence-corrected chi connectivity index (χ4v) is 3.84. The molecule has 0 aliphatic rings. The molecule has 0 atom stereocenters. The van der Waals surface area contributed by atoms with E-state index in [-0.39, 0.29) is 0 Å². The molecule has 0 saturated heterocycles. The molecule has 2 nitrogen and oxygen atoms in total. The molecule has 0 aliphatic carbocycles. The average Bonchev–Trinajstić information content (AvgIpc) is 2.38. The van der Waals surface area contributed by atoms with Gasteiger partial charge in [0, 0.05) is 17.7 Å². The van der Waals surface area contributed by atoms with Crippen molar-refractivity contribution in [1.29, 1.82) is 0 Å². The molecular formula is C17H24N2S. The largest absolute Gasteiger partial charge is 0.309 e. The maximum atomic E-state index is 4.90. The minimum absolute atomic E-state index is 0.508. The number of hydrogen-bond donors (Lipinski definition) is 0. The van der Waals surface area contributed by atoms with E-state index in [1.54, 1.807) is 0 Å². The Kier molecular flexibility index (Phi) is 5.06. The Bertz CT molecular complexity index is 591. The molecule has 0 N–H and O–H groups in total. The van der Waals surface area contributed by atoms with Crippen LogP contribution < -0.4 is 0 Å². The van der Waals surface area contributed by atoms with E-state index in [4.69, 9.17) is 4.98 Å². The van der Waals surface area contributed by atoms with E-state index < -0.39 is 0 Å². The Labute approximate surface area is 126 Å². The summed E-state index contributed by atoms with van der Waals surface area (Å²) in [6.07, 6.45) is 0. The topological polar surface area (TPSA) is 16.1 Å². The molecule has 2 aromatic rings. The average molecular weight is 288 g/mol. The molecule has 20 heavy (non-hydrogen) atoms. The second-order valence-electron chi connectivity index (χ2n) is 5.78. The number of pyridine rings is 1. The van der Waals surface area contributed by atoms with E-state index in [2.05, 4.69) is 64.0 Å². The summed E-state index contributed by atoms with van der Waals surface area (Å²) in [5, 5.41) is 2.49. The number of nitrogens with zero attached hydrogens (tertiary/aromatic N) is 2. The van der Waals surface area contributed by atoms with Gasteiger partial charge in [0.1, 0.15) is 5.03 Å². The molecule has 0 spiro atoms. The first-order chi connectivity index (χ1) is 9.50. The summed E-state index contributed by atoms with van der Waals surface area (Å²) in [5.41, 5.74) is 3.91. The van der Waals surface area contributed by atoms with E-state index in [0.29, 0.717) is 5.92 Å². The zero-order valence-electron chi connectivity index (χ0n) is 13.1. The van der Waals surface area contributed by atoms with Gasteiger partial charge in [0.25, 0.3) is 0 Å². The third-order valence-electron chi connectivity index (χ3n) is 3.52. The van der Waals surface area contributed by atoms with Crippen LogP contribution in [0, 0.1) is 6.92 Å². The molecular weight excluding hydrogens is 264 g/mol. The van der Waals surface area contributed by atoms with Crippen LogP contribution in [0.5, 0.6) is 0 Å². The van der Waals surface area contributed by atoms with Crippen LogP contribution in [-0.4, -0.2) is 36.3 Å². The van der Waals surface area contributed by atoms with Gasteiger partial charge in [-0.25, -0.2) is 4.98 Å². The van der Waals surface area contributed by atoms with Gasteiger partial charge in [-0.2, -0.15) is 0 Å². The van der Waals surface area contributed by atoms with Crippen LogP contribution >= 0.6 is 11.8 Å². The van der Waals surface area contributed by atoms with Crippen LogP contribution in [0.1, 0.15) is 30.9 Å². The third kappa shape index (κ3) is 3.33. The lowest BCUT2D eigenvalue weighted by molar-refractivity contribution is 0.437. The number of fused-ring (bicyclic) bond motifs is 1. The summed E-state index contributed by atoms with van der Waals surface area (Å²) in [6.45, 7) is 7.83. The second kappa shape index (κ2) is 6.59. The maximum absolute atomic E-state index is 4.90. The Morgan fingerprint density at radius 1 is 1.20 bits per heavy atom. The number of benzene rings is 1. The van der Waals surface area contributed by atoms with Crippen LogP contribution in [-0.2, 0) is 0 Å². The lowest BCUT2D eigenvalue weighted by atomic mass is 9.97. The predicted molar refractivity (Wildman–Crippen MR) is 89.8 cm³/mol. The molecule has 1 aromatic carbocycles. The zero-order valence-corrected chi connectivity index (χ0v) is 13.9. The summed E-state index contributed by atoms with van der Waals surface area (Å²) < 4.78 is 0. The smallest absolute Gasteiger partial charge is 0.100 e. The van der Waals surface area contributed by atoms with E-state index >= 15 is 0 Å². The fourth-order valence-electron chi connectivity index (χ4n) is 2.48. The number of rotatable bonds is 5. The quantitative estimate of drug-likeness (QED) is 0.762. The molecule has 0 fully saturated rings. The van der Waals surface area contributed by atoms with Crippen molar-refractivity contribution in [3.63, 3.8) is 0 Å². The number of aromatic nitrogens is 1. The van der Waals surface area contributed by atoms with Crippen molar-refractivity contribution in [2.75, 3.05) is 26.4 Å². The number of para-hydroxylation sites is 1. The SMILES string of the molecule is Cc1c(C(C)C)c(SCCN(C)C)nc2ccccc12. The van der Waals surface area contributed by atoms with Crippen molar-refractivity contribution in [2.45, 2.75) is 31.7 Å². The highest BCUT2D eigenvalue weighted by molar-refractivity contribution is 7.99. The Morgan fingerprint density at radius 2 is 1.90 bits per heavy atom. The number of thioether (sulfide) groups is 1. The highest BCUT2D eigenvalue weighted by Crippen LogP contribution is 2.33. The third-order valence-corrected chi connectivity index (χ3v) is 4.49. The Balaban J connectivity index is 2.43. The molecule has 1 heterocycles. The molecule has 3 heteroatoms. The van der Waals surface area contributed by atoms with Crippen LogP contribution in [0.15, 0.2) is 29.3 Å². The normalized spacial score (nSPS) is 11.8. The van der Waals surface area contributed by atoms with E-state index in [9.17, 15) is 0 Å². The summed E-state index contributed by atoms with van der Waals surface area (Å²) >= 11 is 1.88. The standard InChI is InChI=1S/C17H24N2S/c1-12(2)16-13(3)14-8-6-7-9-15(14)18-17(16)20-11-10-19(4)5/h6-9,12H,10-11H2,1-5H3. The van der Waals surface area contributed by atoms with Gasteiger partial charge in [-0.1, -0.05) is 32.0 Å². The molecule has 108 valence electrons. The first-order valence-electron chi connectivity index (χ1n) is 7.17. The molecule has 0 bridgehead atoms. The molecule has 0 unspecified atom stereocenters. The number of aryl methyl sites for hydroxylation is 1. The highest BCUT2D eigenvalue weighted by atomic mass is 32.2. The lowest BCUT2D eigenvalue weighted by Crippen LogP contribution is -2.15. The minimum atomic E-state index is 0.508. The summed E-state index contributed by atoms with van der Waals surface area (Å²) in [7, 11) is 4.23. The van der Waals surface area contributed by atoms with Crippen molar-refractivity contribution in [3.8, 4) is 0 Å². The Hall–Kier alpha value is -1.06. The van der Waals surface area contributed by atoms with Gasteiger partial charge in [-0.15, -0.1) is 11.8 Å². The molecule has 1 aromatic heterocycles. The van der Waals surface area contributed by atoms with Crippen molar-refractivity contribution in [3.05, 3.63) is 35.4 Å². The summed E-state index contributed by atoms with van der Waals surface area (Å²) in [6, 6.07) is 8.46. The van der Waals surface area contributed by atoms with Gasteiger partial charge >= 0.3 is 0 Å². The summed E-state index contributed by atoms with van der Waals surface area (Å²) in [4.78, 5) is 7.12. The van der Waals surface area contributed by atoms with Crippen molar-refractivity contribution in [2.24, 2.45) is 0 Å². The monoisotopic (exact) mass is 288 g/mol. The van der Waals surface area contributed by atoms with Crippen molar-refractivity contribution in [1.82, 2.24) is 9.88 Å². The van der Waals surface area contributed by atoms with Crippen LogP contribution in [0.4, 0.5) is 0 Å². The van der Waals surface area contributed by atoms with Gasteiger partial charge in [0.15, 0.2) is 0 Å². The molecule has 0 amide bonds. The first-order valence-corrected chi connectivity index (χ1v) is 8.16. The van der Waals surface area contributed by atoms with Crippen LogP contribution in [0.2, 0.25) is 0 Å². The van der Waals surface area contributed by atoms with Crippen LogP contribution in [0.3, 0.4) is 0 Å². The molecule has 0 saturated carbocycles. The van der Waals surface area contributed by atoms with Gasteiger partial charge < -0.3 is 4.90 Å². The minimum Gasteiger partial charge on any atom is -0.309 e. The molecule has 0 aliphatic heterocycles. The number of hydrogen-bond acceptors (Lipinski definition) is 3. The summed E-state index contributed by atoms with van der Waals surface area (Å²) in [5.74, 6) is 1.59.